The molecule has 2 spiro atoms. The van der Waals surface area contributed by atoms with Gasteiger partial charge in [-0.1, -0.05) is 62.8 Å². The average Bonchev–Trinajstić information content (AvgIpc) is 3.15. The number of hydrogen-bond acceptors (Lipinski definition) is 5. The number of benzene rings is 1. The first-order chi connectivity index (χ1) is 15.3. The molecule has 1 aromatic rings. The molecule has 0 radical (unpaired) electrons. The molecule has 31 heavy (non-hydrogen) atoms. The molecule has 0 aromatic heterocycles. The third-order valence-corrected chi connectivity index (χ3v) is 8.14. The largest absolute Gasteiger partial charge is 0.494 e. The van der Waals surface area contributed by atoms with Crippen molar-refractivity contribution in [2.24, 2.45) is 0 Å². The Labute approximate surface area is 188 Å². The molecule has 6 heteroatoms. The van der Waals surface area contributed by atoms with Gasteiger partial charge in [-0.05, 0) is 36.7 Å². The van der Waals surface area contributed by atoms with Gasteiger partial charge < -0.3 is 19.9 Å². The minimum Gasteiger partial charge on any atom is -0.399 e. The summed E-state index contributed by atoms with van der Waals surface area (Å²) in [6.45, 7) is 7.40. The Morgan fingerprint density at radius 1 is 0.774 bits per heavy atom. The maximum Gasteiger partial charge on any atom is 0.494 e. The van der Waals surface area contributed by atoms with E-state index in [0.717, 1.165) is 45.8 Å². The molecule has 2 N–H and O–H groups in total. The summed E-state index contributed by atoms with van der Waals surface area (Å²) in [6, 6.07) is 9.02. The molecule has 1 aromatic carbocycles. The van der Waals surface area contributed by atoms with Crippen molar-refractivity contribution < 1.29 is 9.31 Å². The fourth-order valence-electron chi connectivity index (χ4n) is 6.44. The standard InChI is InChI=1S/C25H40BN3O2/c1-3-10-24(11-4-1)25(12-5-2-6-13-25)31-26(30-24)23-9-7-8-22(20-23)21-29-18-16-27-14-15-28-17-19-29/h7-9,20,27-28H,1-6,10-19,21H2. The normalized spacial score (nSPS) is 27.2. The van der Waals surface area contributed by atoms with Crippen LogP contribution in [-0.4, -0.2) is 62.5 Å². The van der Waals surface area contributed by atoms with Crippen LogP contribution in [-0.2, 0) is 15.9 Å². The maximum atomic E-state index is 6.91. The molecule has 4 aliphatic rings. The SMILES string of the molecule is c1cc(CN2CCNCCNCC2)cc(B2OC3(CCCCC3)C3(CCCCC3)O2)c1. The molecule has 2 heterocycles. The van der Waals surface area contributed by atoms with Gasteiger partial charge in [0.05, 0.1) is 11.2 Å². The predicted octanol–water partition coefficient (Wildman–Crippen LogP) is 2.83. The van der Waals surface area contributed by atoms with E-state index >= 15 is 0 Å². The molecule has 0 bridgehead atoms. The van der Waals surface area contributed by atoms with Crippen LogP contribution in [0.1, 0.15) is 69.8 Å². The molecular formula is C25H40BN3O2. The zero-order valence-corrected chi connectivity index (χ0v) is 19.2. The van der Waals surface area contributed by atoms with E-state index in [-0.39, 0.29) is 18.3 Å². The van der Waals surface area contributed by atoms with Gasteiger partial charge in [0, 0.05) is 45.8 Å². The van der Waals surface area contributed by atoms with Crippen LogP contribution in [0.2, 0.25) is 0 Å². The summed E-state index contributed by atoms with van der Waals surface area (Å²) >= 11 is 0. The Morgan fingerprint density at radius 2 is 1.35 bits per heavy atom. The zero-order chi connectivity index (χ0) is 21.0. The number of nitrogens with one attached hydrogen (secondary N) is 2. The smallest absolute Gasteiger partial charge is 0.399 e. The Kier molecular flexibility index (Phi) is 7.01. The lowest BCUT2D eigenvalue weighted by atomic mass is 9.66. The highest BCUT2D eigenvalue weighted by Gasteiger charge is 2.61. The minimum absolute atomic E-state index is 0.0506. The lowest BCUT2D eigenvalue weighted by molar-refractivity contribution is -0.0923. The predicted molar refractivity (Wildman–Crippen MR) is 127 cm³/mol. The van der Waals surface area contributed by atoms with Gasteiger partial charge in [0.25, 0.3) is 0 Å². The lowest BCUT2D eigenvalue weighted by Gasteiger charge is -2.48. The van der Waals surface area contributed by atoms with Gasteiger partial charge >= 0.3 is 7.12 Å². The fourth-order valence-corrected chi connectivity index (χ4v) is 6.44. The maximum absolute atomic E-state index is 6.91. The van der Waals surface area contributed by atoms with E-state index in [1.165, 1.54) is 75.2 Å². The highest BCUT2D eigenvalue weighted by molar-refractivity contribution is 6.62. The van der Waals surface area contributed by atoms with Gasteiger partial charge in [-0.25, -0.2) is 0 Å². The van der Waals surface area contributed by atoms with Crippen molar-refractivity contribution in [3.05, 3.63) is 29.8 Å². The number of rotatable bonds is 3. The van der Waals surface area contributed by atoms with Crippen molar-refractivity contribution in [3.8, 4) is 0 Å². The van der Waals surface area contributed by atoms with E-state index in [1.54, 1.807) is 0 Å². The van der Waals surface area contributed by atoms with Gasteiger partial charge in [-0.3, -0.25) is 4.90 Å². The highest BCUT2D eigenvalue weighted by atomic mass is 16.7. The van der Waals surface area contributed by atoms with Crippen LogP contribution in [0.5, 0.6) is 0 Å². The molecule has 170 valence electrons. The Balaban J connectivity index is 1.32. The lowest BCUT2D eigenvalue weighted by Crippen LogP contribution is -2.53. The van der Waals surface area contributed by atoms with Crippen LogP contribution in [0.25, 0.3) is 0 Å². The molecule has 2 aliphatic carbocycles. The fraction of sp³-hybridized carbons (Fsp3) is 0.760. The number of hydrogen-bond donors (Lipinski definition) is 2. The average molecular weight is 425 g/mol. The van der Waals surface area contributed by atoms with Crippen molar-refractivity contribution in [2.75, 3.05) is 39.3 Å². The second-order valence-electron chi connectivity index (χ2n) is 10.2. The summed E-state index contributed by atoms with van der Waals surface area (Å²) < 4.78 is 13.8. The van der Waals surface area contributed by atoms with E-state index in [9.17, 15) is 0 Å². The van der Waals surface area contributed by atoms with Gasteiger partial charge in [-0.15, -0.1) is 0 Å². The van der Waals surface area contributed by atoms with Crippen molar-refractivity contribution in [1.82, 2.24) is 15.5 Å². The molecule has 2 saturated carbocycles. The first-order valence-corrected chi connectivity index (χ1v) is 12.9. The minimum atomic E-state index is -0.199. The van der Waals surface area contributed by atoms with Gasteiger partial charge in [-0.2, -0.15) is 0 Å². The Hall–Kier alpha value is -0.915. The molecule has 2 saturated heterocycles. The third-order valence-electron chi connectivity index (χ3n) is 8.14. The Bertz CT molecular complexity index is 682. The summed E-state index contributed by atoms with van der Waals surface area (Å²) in [7, 11) is -0.199. The monoisotopic (exact) mass is 425 g/mol. The van der Waals surface area contributed by atoms with E-state index in [4.69, 9.17) is 9.31 Å². The molecule has 2 aliphatic heterocycles. The van der Waals surface area contributed by atoms with Crippen molar-refractivity contribution in [1.29, 1.82) is 0 Å². The van der Waals surface area contributed by atoms with Crippen molar-refractivity contribution in [3.63, 3.8) is 0 Å². The molecule has 5 nitrogen and oxygen atoms in total. The Morgan fingerprint density at radius 3 is 1.94 bits per heavy atom. The van der Waals surface area contributed by atoms with Crippen LogP contribution >= 0.6 is 0 Å². The number of fused-ring (bicyclic) bond motifs is 1. The quantitative estimate of drug-likeness (QED) is 0.730. The van der Waals surface area contributed by atoms with Crippen molar-refractivity contribution >= 4 is 12.6 Å². The van der Waals surface area contributed by atoms with E-state index in [2.05, 4.69) is 39.8 Å². The molecule has 0 unspecified atom stereocenters. The first kappa shape index (κ1) is 21.9. The van der Waals surface area contributed by atoms with Crippen LogP contribution in [0.3, 0.4) is 0 Å². The van der Waals surface area contributed by atoms with E-state index < -0.39 is 0 Å². The summed E-state index contributed by atoms with van der Waals surface area (Å²) in [5.41, 5.74) is 2.48. The van der Waals surface area contributed by atoms with Crippen LogP contribution in [0.15, 0.2) is 24.3 Å². The van der Waals surface area contributed by atoms with E-state index in [0.29, 0.717) is 0 Å². The van der Waals surface area contributed by atoms with Crippen LogP contribution in [0, 0.1) is 0 Å². The second-order valence-corrected chi connectivity index (χ2v) is 10.2. The zero-order valence-electron chi connectivity index (χ0n) is 19.2. The summed E-state index contributed by atoms with van der Waals surface area (Å²) in [6.07, 6.45) is 12.6. The molecule has 0 atom stereocenters. The summed E-state index contributed by atoms with van der Waals surface area (Å²) in [4.78, 5) is 2.55. The highest BCUT2D eigenvalue weighted by Crippen LogP contribution is 2.53. The number of nitrogens with zero attached hydrogens (tertiary/aromatic N) is 1. The molecule has 4 fully saturated rings. The van der Waals surface area contributed by atoms with Crippen molar-refractivity contribution in [2.45, 2.75) is 82.0 Å². The summed E-state index contributed by atoms with van der Waals surface area (Å²) in [5, 5.41) is 7.04. The van der Waals surface area contributed by atoms with Crippen LogP contribution in [0.4, 0.5) is 0 Å². The molecule has 5 rings (SSSR count). The van der Waals surface area contributed by atoms with Gasteiger partial charge in [0.2, 0.25) is 0 Å². The molecule has 0 amide bonds. The summed E-state index contributed by atoms with van der Waals surface area (Å²) in [5.74, 6) is 0. The van der Waals surface area contributed by atoms with Crippen LogP contribution < -0.4 is 16.1 Å². The molecular weight excluding hydrogens is 385 g/mol. The first-order valence-electron chi connectivity index (χ1n) is 12.9. The second kappa shape index (κ2) is 9.92. The topological polar surface area (TPSA) is 45.8 Å². The van der Waals surface area contributed by atoms with Gasteiger partial charge in [0.1, 0.15) is 0 Å². The van der Waals surface area contributed by atoms with Gasteiger partial charge in [0.15, 0.2) is 0 Å². The third kappa shape index (κ3) is 4.74. The van der Waals surface area contributed by atoms with E-state index in [1.807, 2.05) is 0 Å².